The third kappa shape index (κ3) is 2.93. The molecule has 5 nitrogen and oxygen atoms in total. The molecule has 1 rings (SSSR count). The van der Waals surface area contributed by atoms with Crippen molar-refractivity contribution < 1.29 is 16.8 Å². The lowest BCUT2D eigenvalue weighted by molar-refractivity contribution is 0.557. The average Bonchev–Trinajstić information content (AvgIpc) is 2.27. The Morgan fingerprint density at radius 3 is 2.29 bits per heavy atom. The van der Waals surface area contributed by atoms with Crippen LogP contribution in [0.5, 0.6) is 0 Å². The lowest BCUT2D eigenvalue weighted by atomic mass is 10.4. The van der Waals surface area contributed by atoms with Crippen molar-refractivity contribution in [3.05, 3.63) is 0 Å². The van der Waals surface area contributed by atoms with Gasteiger partial charge in [0.05, 0.1) is 16.8 Å². The van der Waals surface area contributed by atoms with E-state index in [2.05, 4.69) is 4.72 Å². The molecular weight excluding hydrogens is 226 g/mol. The molecule has 0 bridgehead atoms. The summed E-state index contributed by atoms with van der Waals surface area (Å²) in [5.74, 6) is -0.258. The molecule has 0 saturated carbocycles. The van der Waals surface area contributed by atoms with E-state index in [0.29, 0.717) is 0 Å². The minimum atomic E-state index is -3.46. The van der Waals surface area contributed by atoms with Gasteiger partial charge < -0.3 is 0 Å². The summed E-state index contributed by atoms with van der Waals surface area (Å²) in [5, 5.41) is -0.769. The Bertz CT molecular complexity index is 395. The maximum Gasteiger partial charge on any atom is 0.215 e. The summed E-state index contributed by atoms with van der Waals surface area (Å²) >= 11 is 0. The number of nitrogens with one attached hydrogen (secondary N) is 1. The van der Waals surface area contributed by atoms with E-state index in [1.165, 1.54) is 0 Å². The molecule has 0 aromatic rings. The number of hydrogen-bond acceptors (Lipinski definition) is 4. The van der Waals surface area contributed by atoms with Gasteiger partial charge in [-0.3, -0.25) is 0 Å². The van der Waals surface area contributed by atoms with E-state index < -0.39 is 25.1 Å². The molecule has 0 aromatic heterocycles. The first-order valence-corrected chi connectivity index (χ1v) is 7.81. The van der Waals surface area contributed by atoms with E-state index in [9.17, 15) is 16.8 Å². The molecule has 1 unspecified atom stereocenters. The summed E-state index contributed by atoms with van der Waals surface area (Å²) in [4.78, 5) is 0. The summed E-state index contributed by atoms with van der Waals surface area (Å²) in [7, 11) is -6.59. The number of sulfone groups is 1. The molecule has 1 aliphatic rings. The molecule has 0 spiro atoms. The largest absolute Gasteiger partial charge is 0.229 e. The van der Waals surface area contributed by atoms with Crippen LogP contribution in [0.25, 0.3) is 0 Å². The molecule has 7 heteroatoms. The smallest absolute Gasteiger partial charge is 0.215 e. The van der Waals surface area contributed by atoms with Gasteiger partial charge in [-0.05, 0) is 20.3 Å². The summed E-state index contributed by atoms with van der Waals surface area (Å²) in [6.45, 7) is 3.42. The highest BCUT2D eigenvalue weighted by molar-refractivity contribution is 7.95. The number of hydrogen-bond donors (Lipinski definition) is 1. The Hall–Kier alpha value is -0.140. The van der Waals surface area contributed by atoms with E-state index >= 15 is 0 Å². The highest BCUT2D eigenvalue weighted by atomic mass is 32.2. The van der Waals surface area contributed by atoms with Crippen molar-refractivity contribution in [3.63, 3.8) is 0 Å². The predicted molar refractivity (Wildman–Crippen MR) is 54.3 cm³/mol. The van der Waals surface area contributed by atoms with Crippen LogP contribution in [0.2, 0.25) is 0 Å². The topological polar surface area (TPSA) is 80.3 Å². The Morgan fingerprint density at radius 1 is 1.36 bits per heavy atom. The minimum absolute atomic E-state index is 0.0172. The summed E-state index contributed by atoms with van der Waals surface area (Å²) < 4.78 is 47.7. The summed E-state index contributed by atoms with van der Waals surface area (Å²) in [6.07, 6.45) is 0.213. The maximum atomic E-state index is 11.6. The first-order valence-electron chi connectivity index (χ1n) is 4.44. The van der Waals surface area contributed by atoms with Crippen molar-refractivity contribution >= 4 is 19.9 Å². The Morgan fingerprint density at radius 2 is 1.93 bits per heavy atom. The van der Waals surface area contributed by atoms with Crippen LogP contribution in [0.1, 0.15) is 20.3 Å². The first-order chi connectivity index (χ1) is 6.23. The van der Waals surface area contributed by atoms with Gasteiger partial charge in [0.15, 0.2) is 9.84 Å². The van der Waals surface area contributed by atoms with E-state index in [4.69, 9.17) is 0 Å². The van der Waals surface area contributed by atoms with Gasteiger partial charge >= 0.3 is 0 Å². The van der Waals surface area contributed by atoms with Crippen molar-refractivity contribution in [1.29, 1.82) is 0 Å². The van der Waals surface area contributed by atoms with Crippen molar-refractivity contribution in [2.24, 2.45) is 0 Å². The quantitative estimate of drug-likeness (QED) is 0.722. The SMILES string of the molecule is CC(C)NS(=O)(=O)C1CCS(=O)(=O)C1. The third-order valence-corrected chi connectivity index (χ3v) is 6.09. The van der Waals surface area contributed by atoms with Crippen LogP contribution in [0, 0.1) is 0 Å². The lowest BCUT2D eigenvalue weighted by Gasteiger charge is -2.13. The predicted octanol–water partition coefficient (Wildman–Crippen LogP) is -0.499. The molecule has 1 saturated heterocycles. The van der Waals surface area contributed by atoms with E-state index in [0.717, 1.165) is 0 Å². The van der Waals surface area contributed by atoms with Gasteiger partial charge in [-0.2, -0.15) is 0 Å². The molecule has 1 fully saturated rings. The zero-order chi connectivity index (χ0) is 11.0. The summed E-state index contributed by atoms with van der Waals surface area (Å²) in [5.41, 5.74) is 0. The lowest BCUT2D eigenvalue weighted by Crippen LogP contribution is -2.38. The monoisotopic (exact) mass is 241 g/mol. The molecule has 1 atom stereocenters. The van der Waals surface area contributed by atoms with E-state index in [1.54, 1.807) is 13.8 Å². The van der Waals surface area contributed by atoms with Crippen molar-refractivity contribution in [2.45, 2.75) is 31.6 Å². The highest BCUT2D eigenvalue weighted by Gasteiger charge is 2.37. The van der Waals surface area contributed by atoms with Gasteiger partial charge in [0.25, 0.3) is 0 Å². The van der Waals surface area contributed by atoms with Gasteiger partial charge in [0, 0.05) is 6.04 Å². The second kappa shape index (κ2) is 3.79. The van der Waals surface area contributed by atoms with Crippen LogP contribution in [0.3, 0.4) is 0 Å². The molecular formula is C7H15NO4S2. The van der Waals surface area contributed by atoms with Crippen LogP contribution in [0.4, 0.5) is 0 Å². The molecule has 0 radical (unpaired) electrons. The van der Waals surface area contributed by atoms with Crippen LogP contribution in [0.15, 0.2) is 0 Å². The zero-order valence-corrected chi connectivity index (χ0v) is 9.86. The molecule has 84 valence electrons. The Kier molecular flexibility index (Phi) is 3.23. The second-order valence-corrected chi connectivity index (χ2v) is 8.06. The van der Waals surface area contributed by atoms with Gasteiger partial charge in [-0.1, -0.05) is 0 Å². The molecule has 1 aliphatic heterocycles. The number of rotatable bonds is 3. The van der Waals surface area contributed by atoms with Crippen LogP contribution < -0.4 is 4.72 Å². The zero-order valence-electron chi connectivity index (χ0n) is 8.23. The molecule has 0 aliphatic carbocycles. The van der Waals surface area contributed by atoms with E-state index in [1.807, 2.05) is 0 Å². The molecule has 1 heterocycles. The highest BCUT2D eigenvalue weighted by Crippen LogP contribution is 2.18. The maximum absolute atomic E-state index is 11.6. The fourth-order valence-corrected chi connectivity index (χ4v) is 5.74. The van der Waals surface area contributed by atoms with Crippen molar-refractivity contribution in [3.8, 4) is 0 Å². The molecule has 0 amide bonds. The average molecular weight is 241 g/mol. The molecule has 1 N–H and O–H groups in total. The van der Waals surface area contributed by atoms with Crippen LogP contribution in [-0.2, 0) is 19.9 Å². The van der Waals surface area contributed by atoms with Gasteiger partial charge in [0.2, 0.25) is 10.0 Å². The minimum Gasteiger partial charge on any atom is -0.229 e. The fraction of sp³-hybridized carbons (Fsp3) is 1.00. The second-order valence-electron chi connectivity index (χ2n) is 3.84. The van der Waals surface area contributed by atoms with Crippen molar-refractivity contribution in [2.75, 3.05) is 11.5 Å². The van der Waals surface area contributed by atoms with Gasteiger partial charge in [0.1, 0.15) is 0 Å². The van der Waals surface area contributed by atoms with Crippen LogP contribution in [-0.4, -0.2) is 39.6 Å². The standard InChI is InChI=1S/C7H15NO4S2/c1-6(2)8-14(11,12)7-3-4-13(9,10)5-7/h6-8H,3-5H2,1-2H3. The van der Waals surface area contributed by atoms with Gasteiger partial charge in [-0.25, -0.2) is 21.6 Å². The first kappa shape index (κ1) is 11.9. The Balaban J connectivity index is 2.77. The number of sulfonamides is 1. The van der Waals surface area contributed by atoms with Crippen molar-refractivity contribution in [1.82, 2.24) is 4.72 Å². The summed E-state index contributed by atoms with van der Waals surface area (Å²) in [6, 6.07) is -0.191. The molecule has 14 heavy (non-hydrogen) atoms. The van der Waals surface area contributed by atoms with E-state index in [-0.39, 0.29) is 24.0 Å². The third-order valence-electron chi connectivity index (χ3n) is 2.03. The van der Waals surface area contributed by atoms with Gasteiger partial charge in [-0.15, -0.1) is 0 Å². The Labute approximate surface area is 84.9 Å². The van der Waals surface area contributed by atoms with Crippen LogP contribution >= 0.6 is 0 Å². The fourth-order valence-electron chi connectivity index (χ4n) is 1.43. The normalized spacial score (nSPS) is 26.9. The molecule has 0 aromatic carbocycles.